The molecule has 1 atom stereocenters. The summed E-state index contributed by atoms with van der Waals surface area (Å²) in [6.07, 6.45) is 81.3. The van der Waals surface area contributed by atoms with Gasteiger partial charge in [-0.15, -0.1) is 0 Å². The summed E-state index contributed by atoms with van der Waals surface area (Å²) in [5, 5.41) is 0. The summed E-state index contributed by atoms with van der Waals surface area (Å²) in [5.74, 6) is -0.967. The molecule has 0 amide bonds. The second-order valence-corrected chi connectivity index (χ2v) is 20.2. The smallest absolute Gasteiger partial charge is 0.306 e. The van der Waals surface area contributed by atoms with E-state index < -0.39 is 6.10 Å². The molecule has 0 aliphatic rings. The van der Waals surface area contributed by atoms with Crippen molar-refractivity contribution in [3.63, 3.8) is 0 Å². The highest BCUT2D eigenvalue weighted by Gasteiger charge is 2.19. The zero-order valence-electron chi connectivity index (χ0n) is 47.9. The van der Waals surface area contributed by atoms with Gasteiger partial charge in [-0.05, 0) is 103 Å². The predicted octanol–water partition coefficient (Wildman–Crippen LogP) is 20.9. The molecular weight excluding hydrogens is 901 g/mol. The van der Waals surface area contributed by atoms with E-state index in [-0.39, 0.29) is 31.1 Å². The summed E-state index contributed by atoms with van der Waals surface area (Å²) in [4.78, 5) is 38.2. The highest BCUT2D eigenvalue weighted by molar-refractivity contribution is 5.71. The van der Waals surface area contributed by atoms with E-state index in [1.807, 2.05) is 0 Å². The Morgan fingerprint density at radius 1 is 0.288 bits per heavy atom. The van der Waals surface area contributed by atoms with Crippen LogP contribution >= 0.6 is 0 Å². The minimum absolute atomic E-state index is 0.106. The summed E-state index contributed by atoms with van der Waals surface area (Å²) >= 11 is 0. The van der Waals surface area contributed by atoms with Gasteiger partial charge in [0.2, 0.25) is 0 Å². The van der Waals surface area contributed by atoms with Crippen LogP contribution < -0.4 is 0 Å². The van der Waals surface area contributed by atoms with Crippen LogP contribution in [0.4, 0.5) is 0 Å². The van der Waals surface area contributed by atoms with E-state index in [4.69, 9.17) is 14.2 Å². The number of carbonyl (C=O) groups excluding carboxylic acids is 3. The van der Waals surface area contributed by atoms with Gasteiger partial charge in [-0.1, -0.05) is 266 Å². The van der Waals surface area contributed by atoms with Crippen molar-refractivity contribution in [2.24, 2.45) is 0 Å². The number of ether oxygens (including phenoxy) is 3. The molecule has 0 radical (unpaired) electrons. The summed E-state index contributed by atoms with van der Waals surface area (Å²) < 4.78 is 16.8. The molecule has 6 nitrogen and oxygen atoms in total. The zero-order chi connectivity index (χ0) is 52.9. The van der Waals surface area contributed by atoms with Gasteiger partial charge in [0, 0.05) is 19.3 Å². The van der Waals surface area contributed by atoms with Gasteiger partial charge in [0.25, 0.3) is 0 Å². The maximum Gasteiger partial charge on any atom is 0.306 e. The molecule has 6 heteroatoms. The number of hydrogen-bond donors (Lipinski definition) is 0. The van der Waals surface area contributed by atoms with Crippen LogP contribution in [0.2, 0.25) is 0 Å². The lowest BCUT2D eigenvalue weighted by Gasteiger charge is -2.18. The maximum absolute atomic E-state index is 12.9. The van der Waals surface area contributed by atoms with Gasteiger partial charge in [-0.2, -0.15) is 0 Å². The quantitative estimate of drug-likeness (QED) is 0.0261. The van der Waals surface area contributed by atoms with Crippen LogP contribution in [0.3, 0.4) is 0 Å². The van der Waals surface area contributed by atoms with Crippen molar-refractivity contribution in [3.8, 4) is 0 Å². The molecule has 73 heavy (non-hydrogen) atoms. The lowest BCUT2D eigenvalue weighted by molar-refractivity contribution is -0.167. The number of allylic oxidation sites excluding steroid dienone is 16. The van der Waals surface area contributed by atoms with E-state index in [2.05, 4.69) is 118 Å². The molecule has 0 aromatic rings. The van der Waals surface area contributed by atoms with Crippen LogP contribution in [-0.4, -0.2) is 37.2 Å². The van der Waals surface area contributed by atoms with E-state index in [9.17, 15) is 14.4 Å². The van der Waals surface area contributed by atoms with E-state index in [0.29, 0.717) is 19.3 Å². The Bertz CT molecular complexity index is 1440. The standard InChI is InChI=1S/C67H114O6/c1-4-7-10-13-16-19-22-25-28-30-32-33-35-37-40-43-46-49-52-55-58-61-67(70)73-64(62-71-65(68)59-56-53-50-47-44-41-38-27-24-21-18-15-12-9-6-3)63-72-66(69)60-57-54-51-48-45-42-39-36-34-31-29-26-23-20-17-14-11-8-5-2/h9,12,17-18,20-21,26-27,29,34,36,38,42,44-45,47,64H,4-8,10-11,13-16,19,22-25,28,30-33,35,37,39-41,43,46,48-63H2,1-3H3/b12-9-,20-17-,21-18-,29-26-,36-34-,38-27-,45-42-,47-44-/t64-/m1/s1. The molecule has 0 saturated carbocycles. The van der Waals surface area contributed by atoms with Crippen molar-refractivity contribution in [1.29, 1.82) is 0 Å². The highest BCUT2D eigenvalue weighted by Crippen LogP contribution is 2.16. The molecule has 0 aromatic heterocycles. The lowest BCUT2D eigenvalue weighted by atomic mass is 10.0. The van der Waals surface area contributed by atoms with Crippen LogP contribution in [0.25, 0.3) is 0 Å². The molecule has 0 spiro atoms. The third-order valence-corrected chi connectivity index (χ3v) is 13.1. The second-order valence-electron chi connectivity index (χ2n) is 20.2. The fourth-order valence-corrected chi connectivity index (χ4v) is 8.48. The largest absolute Gasteiger partial charge is 0.462 e. The minimum atomic E-state index is -0.808. The SMILES string of the molecule is CC/C=C\C/C=C\C/C=C\C/C=C\CCCCC(=O)OC[C@H](COC(=O)CCCCC/C=C\C/C=C\C/C=C\C/C=C\CCCCC)OC(=O)CCCCCCCCCCCCCCCCCCCCCCC. The van der Waals surface area contributed by atoms with Gasteiger partial charge in [0.05, 0.1) is 0 Å². The van der Waals surface area contributed by atoms with Gasteiger partial charge in [-0.3, -0.25) is 14.4 Å². The molecule has 0 unspecified atom stereocenters. The van der Waals surface area contributed by atoms with Crippen LogP contribution in [0.15, 0.2) is 97.2 Å². The fraction of sp³-hybridized carbons (Fsp3) is 0.716. The monoisotopic (exact) mass is 1010 g/mol. The average molecular weight is 1020 g/mol. The van der Waals surface area contributed by atoms with E-state index in [1.165, 1.54) is 141 Å². The molecule has 0 aliphatic carbocycles. The zero-order valence-corrected chi connectivity index (χ0v) is 47.9. The van der Waals surface area contributed by atoms with Crippen molar-refractivity contribution in [2.45, 2.75) is 297 Å². The van der Waals surface area contributed by atoms with Crippen LogP contribution in [0.5, 0.6) is 0 Å². The average Bonchev–Trinajstić information content (AvgIpc) is 3.39. The number of hydrogen-bond acceptors (Lipinski definition) is 6. The predicted molar refractivity (Wildman–Crippen MR) is 316 cm³/mol. The lowest BCUT2D eigenvalue weighted by Crippen LogP contribution is -2.30. The molecule has 0 N–H and O–H groups in total. The molecule has 0 fully saturated rings. The molecule has 0 rings (SSSR count). The van der Waals surface area contributed by atoms with Gasteiger partial charge in [0.1, 0.15) is 13.2 Å². The Labute approximate surface area is 451 Å². The van der Waals surface area contributed by atoms with Gasteiger partial charge in [-0.25, -0.2) is 0 Å². The molecule has 0 heterocycles. The summed E-state index contributed by atoms with van der Waals surface area (Å²) in [6, 6.07) is 0. The first-order valence-electron chi connectivity index (χ1n) is 30.7. The molecule has 418 valence electrons. The number of unbranched alkanes of at least 4 members (excludes halogenated alkanes) is 28. The fourth-order valence-electron chi connectivity index (χ4n) is 8.48. The van der Waals surface area contributed by atoms with Crippen LogP contribution in [-0.2, 0) is 28.6 Å². The summed E-state index contributed by atoms with van der Waals surface area (Å²) in [7, 11) is 0. The molecule has 0 aliphatic heterocycles. The van der Waals surface area contributed by atoms with Crippen LogP contribution in [0, 0.1) is 0 Å². The third-order valence-electron chi connectivity index (χ3n) is 13.1. The minimum Gasteiger partial charge on any atom is -0.462 e. The van der Waals surface area contributed by atoms with Gasteiger partial charge < -0.3 is 14.2 Å². The normalized spacial score (nSPS) is 12.8. The Morgan fingerprint density at radius 3 is 0.890 bits per heavy atom. The first-order chi connectivity index (χ1) is 36.0. The topological polar surface area (TPSA) is 78.9 Å². The van der Waals surface area contributed by atoms with Crippen molar-refractivity contribution in [2.75, 3.05) is 13.2 Å². The van der Waals surface area contributed by atoms with Crippen LogP contribution in [0.1, 0.15) is 290 Å². The summed E-state index contributed by atoms with van der Waals surface area (Å²) in [5.41, 5.74) is 0. The Hall–Kier alpha value is -3.67. The van der Waals surface area contributed by atoms with E-state index in [1.54, 1.807) is 0 Å². The number of esters is 3. The Morgan fingerprint density at radius 2 is 0.534 bits per heavy atom. The Balaban J connectivity index is 4.45. The van der Waals surface area contributed by atoms with Gasteiger partial charge in [0.15, 0.2) is 6.10 Å². The van der Waals surface area contributed by atoms with Crippen molar-refractivity contribution in [1.82, 2.24) is 0 Å². The molecular formula is C67H114O6. The first kappa shape index (κ1) is 69.3. The molecule has 0 aromatic carbocycles. The summed E-state index contributed by atoms with van der Waals surface area (Å²) in [6.45, 7) is 6.46. The number of carbonyl (C=O) groups is 3. The first-order valence-corrected chi connectivity index (χ1v) is 30.7. The maximum atomic E-state index is 12.9. The second kappa shape index (κ2) is 60.9. The van der Waals surface area contributed by atoms with E-state index >= 15 is 0 Å². The van der Waals surface area contributed by atoms with Crippen molar-refractivity contribution < 1.29 is 28.6 Å². The Kier molecular flexibility index (Phi) is 57.8. The third kappa shape index (κ3) is 59.1. The van der Waals surface area contributed by atoms with Gasteiger partial charge >= 0.3 is 17.9 Å². The molecule has 0 bridgehead atoms. The van der Waals surface area contributed by atoms with Crippen molar-refractivity contribution in [3.05, 3.63) is 97.2 Å². The van der Waals surface area contributed by atoms with Crippen molar-refractivity contribution >= 4 is 17.9 Å². The highest BCUT2D eigenvalue weighted by atomic mass is 16.6. The van der Waals surface area contributed by atoms with E-state index in [0.717, 1.165) is 109 Å². The number of rotatable bonds is 55. The molecule has 0 saturated heterocycles.